The quantitative estimate of drug-likeness (QED) is 0.708. The van der Waals surface area contributed by atoms with Gasteiger partial charge in [0, 0.05) is 23.6 Å². The van der Waals surface area contributed by atoms with Gasteiger partial charge in [0.2, 0.25) is 0 Å². The highest BCUT2D eigenvalue weighted by Gasteiger charge is 2.04. The minimum atomic E-state index is 0.670. The van der Waals surface area contributed by atoms with Crippen molar-refractivity contribution in [2.24, 2.45) is 0 Å². The summed E-state index contributed by atoms with van der Waals surface area (Å²) in [6, 6.07) is 15.1. The number of hydrogen-bond acceptors (Lipinski definition) is 4. The lowest BCUT2D eigenvalue weighted by molar-refractivity contribution is 1.16. The fourth-order valence-corrected chi connectivity index (χ4v) is 1.79. The SMILES string of the molecule is Nc1ccc(-c2nccc(-c3ccccn3)n2)cc1. The number of rotatable bonds is 2. The molecule has 0 saturated carbocycles. The number of pyridine rings is 1. The second kappa shape index (κ2) is 4.86. The van der Waals surface area contributed by atoms with E-state index in [0.717, 1.165) is 22.6 Å². The molecule has 0 aliphatic carbocycles. The van der Waals surface area contributed by atoms with Crippen molar-refractivity contribution < 1.29 is 0 Å². The highest BCUT2D eigenvalue weighted by atomic mass is 14.9. The third-order valence-electron chi connectivity index (χ3n) is 2.75. The van der Waals surface area contributed by atoms with Gasteiger partial charge in [0.1, 0.15) is 0 Å². The van der Waals surface area contributed by atoms with E-state index in [1.165, 1.54) is 0 Å². The van der Waals surface area contributed by atoms with E-state index in [1.807, 2.05) is 48.5 Å². The molecule has 0 amide bonds. The van der Waals surface area contributed by atoms with Crippen molar-refractivity contribution in [3.05, 3.63) is 60.9 Å². The normalized spacial score (nSPS) is 10.3. The molecular formula is C15H12N4. The van der Waals surface area contributed by atoms with Gasteiger partial charge in [0.25, 0.3) is 0 Å². The molecule has 1 aromatic carbocycles. The summed E-state index contributed by atoms with van der Waals surface area (Å²) in [5, 5.41) is 0. The molecule has 0 aliphatic heterocycles. The van der Waals surface area contributed by atoms with Crippen molar-refractivity contribution in [3.63, 3.8) is 0 Å². The molecule has 0 atom stereocenters. The minimum Gasteiger partial charge on any atom is -0.399 e. The summed E-state index contributed by atoms with van der Waals surface area (Å²) < 4.78 is 0. The third-order valence-corrected chi connectivity index (χ3v) is 2.75. The van der Waals surface area contributed by atoms with Crippen LogP contribution in [0.25, 0.3) is 22.8 Å². The van der Waals surface area contributed by atoms with Crippen molar-refractivity contribution in [3.8, 4) is 22.8 Å². The Hall–Kier alpha value is -2.75. The van der Waals surface area contributed by atoms with Crippen LogP contribution < -0.4 is 5.73 Å². The molecule has 19 heavy (non-hydrogen) atoms. The summed E-state index contributed by atoms with van der Waals surface area (Å²) in [7, 11) is 0. The number of hydrogen-bond donors (Lipinski definition) is 1. The van der Waals surface area contributed by atoms with Crippen LogP contribution in [0.1, 0.15) is 0 Å². The van der Waals surface area contributed by atoms with Gasteiger partial charge in [0.15, 0.2) is 5.82 Å². The number of benzene rings is 1. The number of nitrogen functional groups attached to an aromatic ring is 1. The molecule has 0 unspecified atom stereocenters. The van der Waals surface area contributed by atoms with E-state index in [0.29, 0.717) is 5.82 Å². The Morgan fingerprint density at radius 2 is 1.58 bits per heavy atom. The average molecular weight is 248 g/mol. The zero-order valence-corrected chi connectivity index (χ0v) is 10.2. The second-order valence-electron chi connectivity index (χ2n) is 4.10. The van der Waals surface area contributed by atoms with Crippen LogP contribution in [0.15, 0.2) is 60.9 Å². The van der Waals surface area contributed by atoms with Crippen molar-refractivity contribution in [2.75, 3.05) is 5.73 Å². The largest absolute Gasteiger partial charge is 0.399 e. The van der Waals surface area contributed by atoms with Crippen LogP contribution in [0.3, 0.4) is 0 Å². The lowest BCUT2D eigenvalue weighted by atomic mass is 10.2. The van der Waals surface area contributed by atoms with E-state index in [-0.39, 0.29) is 0 Å². The predicted molar refractivity (Wildman–Crippen MR) is 75.1 cm³/mol. The number of nitrogens with two attached hydrogens (primary N) is 1. The van der Waals surface area contributed by atoms with Crippen molar-refractivity contribution >= 4 is 5.69 Å². The fourth-order valence-electron chi connectivity index (χ4n) is 1.79. The first kappa shape index (κ1) is 11.3. The van der Waals surface area contributed by atoms with Crippen LogP contribution in [0, 0.1) is 0 Å². The Morgan fingerprint density at radius 1 is 0.737 bits per heavy atom. The van der Waals surface area contributed by atoms with Gasteiger partial charge in [-0.05, 0) is 42.5 Å². The van der Waals surface area contributed by atoms with Gasteiger partial charge in [-0.15, -0.1) is 0 Å². The first-order valence-electron chi connectivity index (χ1n) is 5.93. The van der Waals surface area contributed by atoms with Crippen molar-refractivity contribution in [2.45, 2.75) is 0 Å². The van der Waals surface area contributed by atoms with E-state index in [1.54, 1.807) is 12.4 Å². The fraction of sp³-hybridized carbons (Fsp3) is 0. The predicted octanol–water partition coefficient (Wildman–Crippen LogP) is 2.79. The Morgan fingerprint density at radius 3 is 2.32 bits per heavy atom. The molecule has 0 aliphatic rings. The molecule has 3 aromatic rings. The molecule has 2 N–H and O–H groups in total. The van der Waals surface area contributed by atoms with Crippen LogP contribution >= 0.6 is 0 Å². The molecule has 0 saturated heterocycles. The van der Waals surface area contributed by atoms with Crippen LogP contribution in [-0.4, -0.2) is 15.0 Å². The monoisotopic (exact) mass is 248 g/mol. The summed E-state index contributed by atoms with van der Waals surface area (Å²) in [5.74, 6) is 0.670. The molecule has 0 spiro atoms. The number of nitrogens with zero attached hydrogens (tertiary/aromatic N) is 3. The van der Waals surface area contributed by atoms with Gasteiger partial charge in [0.05, 0.1) is 11.4 Å². The van der Waals surface area contributed by atoms with Gasteiger partial charge in [-0.2, -0.15) is 0 Å². The maximum Gasteiger partial charge on any atom is 0.159 e. The highest BCUT2D eigenvalue weighted by molar-refractivity contribution is 5.62. The molecule has 4 heteroatoms. The second-order valence-corrected chi connectivity index (χ2v) is 4.10. The third kappa shape index (κ3) is 2.42. The van der Waals surface area contributed by atoms with Crippen LogP contribution in [0.5, 0.6) is 0 Å². The maximum atomic E-state index is 5.67. The number of aromatic nitrogens is 3. The maximum absolute atomic E-state index is 5.67. The zero-order chi connectivity index (χ0) is 13.1. The topological polar surface area (TPSA) is 64.7 Å². The smallest absolute Gasteiger partial charge is 0.159 e. The molecule has 92 valence electrons. The van der Waals surface area contributed by atoms with Crippen LogP contribution in [-0.2, 0) is 0 Å². The first-order chi connectivity index (χ1) is 9.33. The standard InChI is InChI=1S/C15H12N4/c16-12-6-4-11(5-7-12)15-18-10-8-14(19-15)13-3-1-2-9-17-13/h1-10H,16H2. The van der Waals surface area contributed by atoms with Crippen molar-refractivity contribution in [1.82, 2.24) is 15.0 Å². The van der Waals surface area contributed by atoms with Gasteiger partial charge < -0.3 is 5.73 Å². The summed E-state index contributed by atoms with van der Waals surface area (Å²) in [4.78, 5) is 13.1. The number of anilines is 1. The average Bonchev–Trinajstić information content (AvgIpc) is 2.49. The van der Waals surface area contributed by atoms with Gasteiger partial charge >= 0.3 is 0 Å². The van der Waals surface area contributed by atoms with Crippen LogP contribution in [0.4, 0.5) is 5.69 Å². The molecule has 0 fully saturated rings. The Balaban J connectivity index is 2.03. The molecular weight excluding hydrogens is 236 g/mol. The minimum absolute atomic E-state index is 0.670. The van der Waals surface area contributed by atoms with Gasteiger partial charge in [-0.1, -0.05) is 6.07 Å². The molecule has 0 radical (unpaired) electrons. The van der Waals surface area contributed by atoms with E-state index in [9.17, 15) is 0 Å². The molecule has 4 nitrogen and oxygen atoms in total. The van der Waals surface area contributed by atoms with E-state index >= 15 is 0 Å². The Bertz CT molecular complexity index is 678. The molecule has 2 heterocycles. The first-order valence-corrected chi connectivity index (χ1v) is 5.93. The lowest BCUT2D eigenvalue weighted by Gasteiger charge is -2.03. The van der Waals surface area contributed by atoms with Gasteiger partial charge in [-0.3, -0.25) is 4.98 Å². The zero-order valence-electron chi connectivity index (χ0n) is 10.2. The van der Waals surface area contributed by atoms with Gasteiger partial charge in [-0.25, -0.2) is 9.97 Å². The van der Waals surface area contributed by atoms with E-state index in [2.05, 4.69) is 15.0 Å². The Kier molecular flexibility index (Phi) is 2.90. The van der Waals surface area contributed by atoms with E-state index in [4.69, 9.17) is 5.73 Å². The summed E-state index contributed by atoms with van der Waals surface area (Å²) in [6.45, 7) is 0. The molecule has 2 aromatic heterocycles. The summed E-state index contributed by atoms with van der Waals surface area (Å²) >= 11 is 0. The molecule has 0 bridgehead atoms. The molecule has 3 rings (SSSR count). The summed E-state index contributed by atoms with van der Waals surface area (Å²) in [5.41, 5.74) is 8.98. The Labute approximate surface area is 111 Å². The summed E-state index contributed by atoms with van der Waals surface area (Å²) in [6.07, 6.45) is 3.49. The van der Waals surface area contributed by atoms with Crippen molar-refractivity contribution in [1.29, 1.82) is 0 Å². The lowest BCUT2D eigenvalue weighted by Crippen LogP contribution is -1.93. The highest BCUT2D eigenvalue weighted by Crippen LogP contribution is 2.19. The van der Waals surface area contributed by atoms with E-state index < -0.39 is 0 Å². The van der Waals surface area contributed by atoms with Crippen LogP contribution in [0.2, 0.25) is 0 Å².